The number of halogens is 1. The molecule has 0 unspecified atom stereocenters. The van der Waals surface area contributed by atoms with Crippen LogP contribution in [-0.2, 0) is 0 Å². The fourth-order valence-corrected chi connectivity index (χ4v) is 2.50. The van der Waals surface area contributed by atoms with Crippen molar-refractivity contribution in [2.75, 3.05) is 26.7 Å². The monoisotopic (exact) mass is 312 g/mol. The van der Waals surface area contributed by atoms with Gasteiger partial charge in [-0.15, -0.1) is 0 Å². The SMILES string of the molecule is COc1ccc(Br)c(C(=O)N2CCN[C@@H](C)C2)c1. The van der Waals surface area contributed by atoms with Gasteiger partial charge >= 0.3 is 0 Å². The van der Waals surface area contributed by atoms with Crippen LogP contribution in [0, 0.1) is 0 Å². The van der Waals surface area contributed by atoms with Crippen molar-refractivity contribution in [3.8, 4) is 5.75 Å². The molecule has 1 amide bonds. The van der Waals surface area contributed by atoms with E-state index in [1.165, 1.54) is 0 Å². The number of rotatable bonds is 2. The Morgan fingerprint density at radius 2 is 2.33 bits per heavy atom. The predicted molar refractivity (Wildman–Crippen MR) is 74.1 cm³/mol. The Morgan fingerprint density at radius 1 is 1.56 bits per heavy atom. The Morgan fingerprint density at radius 3 is 3.00 bits per heavy atom. The Bertz CT molecular complexity index is 451. The standard InChI is InChI=1S/C13H17BrN2O2/c1-9-8-16(6-5-15-9)13(17)11-7-10(18-2)3-4-12(11)14/h3-4,7,9,15H,5-6,8H2,1-2H3/t9-/m0/s1. The number of nitrogens with zero attached hydrogens (tertiary/aromatic N) is 1. The molecule has 1 aromatic carbocycles. The zero-order chi connectivity index (χ0) is 13.1. The molecule has 1 heterocycles. The van der Waals surface area contributed by atoms with Crippen molar-refractivity contribution < 1.29 is 9.53 Å². The van der Waals surface area contributed by atoms with Gasteiger partial charge in [-0.1, -0.05) is 0 Å². The second kappa shape index (κ2) is 5.71. The largest absolute Gasteiger partial charge is 0.497 e. The zero-order valence-electron chi connectivity index (χ0n) is 10.6. The van der Waals surface area contributed by atoms with Crippen LogP contribution in [0.15, 0.2) is 22.7 Å². The first-order valence-corrected chi connectivity index (χ1v) is 6.77. The van der Waals surface area contributed by atoms with E-state index in [2.05, 4.69) is 28.2 Å². The molecule has 98 valence electrons. The van der Waals surface area contributed by atoms with Crippen LogP contribution in [0.1, 0.15) is 17.3 Å². The van der Waals surface area contributed by atoms with Gasteiger partial charge in [0.1, 0.15) is 5.75 Å². The van der Waals surface area contributed by atoms with Crippen molar-refractivity contribution in [2.24, 2.45) is 0 Å². The van der Waals surface area contributed by atoms with Crippen molar-refractivity contribution in [3.05, 3.63) is 28.2 Å². The summed E-state index contributed by atoms with van der Waals surface area (Å²) in [6.07, 6.45) is 0. The third-order valence-corrected chi connectivity index (χ3v) is 3.75. The minimum absolute atomic E-state index is 0.0501. The Labute approximate surface area is 115 Å². The summed E-state index contributed by atoms with van der Waals surface area (Å²) in [7, 11) is 1.60. The maximum absolute atomic E-state index is 12.4. The van der Waals surface area contributed by atoms with Gasteiger partial charge in [-0.2, -0.15) is 0 Å². The normalized spacial score (nSPS) is 19.7. The van der Waals surface area contributed by atoms with Gasteiger partial charge in [-0.3, -0.25) is 4.79 Å². The number of piperazine rings is 1. The predicted octanol–water partition coefficient (Wildman–Crippen LogP) is 1.89. The number of amides is 1. The van der Waals surface area contributed by atoms with Gasteiger partial charge in [-0.25, -0.2) is 0 Å². The third kappa shape index (κ3) is 2.84. The van der Waals surface area contributed by atoms with Gasteiger partial charge < -0.3 is 15.0 Å². The lowest BCUT2D eigenvalue weighted by Gasteiger charge is -2.32. The third-order valence-electron chi connectivity index (χ3n) is 3.06. The molecule has 1 aliphatic rings. The highest BCUT2D eigenvalue weighted by Gasteiger charge is 2.23. The Hall–Kier alpha value is -1.07. The molecule has 1 N–H and O–H groups in total. The second-order valence-electron chi connectivity index (χ2n) is 4.45. The molecule has 1 atom stereocenters. The smallest absolute Gasteiger partial charge is 0.255 e. The molecule has 5 heteroatoms. The maximum atomic E-state index is 12.4. The molecular formula is C13H17BrN2O2. The summed E-state index contributed by atoms with van der Waals surface area (Å²) in [4.78, 5) is 14.3. The van der Waals surface area contributed by atoms with Crippen molar-refractivity contribution in [2.45, 2.75) is 13.0 Å². The summed E-state index contributed by atoms with van der Waals surface area (Å²) >= 11 is 3.42. The van der Waals surface area contributed by atoms with E-state index in [9.17, 15) is 4.79 Å². The molecule has 4 nitrogen and oxygen atoms in total. The van der Waals surface area contributed by atoms with Crippen LogP contribution >= 0.6 is 15.9 Å². The highest BCUT2D eigenvalue weighted by atomic mass is 79.9. The molecule has 1 fully saturated rings. The number of carbonyl (C=O) groups excluding carboxylic acids is 1. The van der Waals surface area contributed by atoms with Crippen molar-refractivity contribution >= 4 is 21.8 Å². The molecule has 0 bridgehead atoms. The lowest BCUT2D eigenvalue weighted by molar-refractivity contribution is 0.0708. The van der Waals surface area contributed by atoms with Gasteiger partial charge in [0, 0.05) is 30.1 Å². The average Bonchev–Trinajstić information content (AvgIpc) is 2.38. The van der Waals surface area contributed by atoms with E-state index in [-0.39, 0.29) is 5.91 Å². The van der Waals surface area contributed by atoms with E-state index in [1.807, 2.05) is 17.0 Å². The topological polar surface area (TPSA) is 41.6 Å². The first-order valence-electron chi connectivity index (χ1n) is 5.98. The number of nitrogens with one attached hydrogen (secondary N) is 1. The Balaban J connectivity index is 2.22. The van der Waals surface area contributed by atoms with Crippen molar-refractivity contribution in [3.63, 3.8) is 0 Å². The van der Waals surface area contributed by atoms with E-state index in [0.29, 0.717) is 17.4 Å². The number of benzene rings is 1. The van der Waals surface area contributed by atoms with Crippen LogP contribution in [-0.4, -0.2) is 43.6 Å². The van der Waals surface area contributed by atoms with E-state index >= 15 is 0 Å². The summed E-state index contributed by atoms with van der Waals surface area (Å²) in [5, 5.41) is 3.33. The summed E-state index contributed by atoms with van der Waals surface area (Å²) in [6.45, 7) is 4.41. The number of hydrogen-bond donors (Lipinski definition) is 1. The molecule has 0 aliphatic carbocycles. The van der Waals surface area contributed by atoms with Crippen LogP contribution in [0.3, 0.4) is 0 Å². The van der Waals surface area contributed by atoms with Crippen LogP contribution in [0.5, 0.6) is 5.75 Å². The van der Waals surface area contributed by atoms with Crippen molar-refractivity contribution in [1.29, 1.82) is 0 Å². The van der Waals surface area contributed by atoms with Gasteiger partial charge in [-0.05, 0) is 41.1 Å². The summed E-state index contributed by atoms with van der Waals surface area (Å²) in [5.41, 5.74) is 0.656. The first kappa shape index (κ1) is 13.4. The van der Waals surface area contributed by atoms with Crippen LogP contribution in [0.25, 0.3) is 0 Å². The molecule has 0 saturated carbocycles. The van der Waals surface area contributed by atoms with Crippen LogP contribution in [0.2, 0.25) is 0 Å². The van der Waals surface area contributed by atoms with Gasteiger partial charge in [0.15, 0.2) is 0 Å². The number of hydrogen-bond acceptors (Lipinski definition) is 3. The second-order valence-corrected chi connectivity index (χ2v) is 5.31. The first-order chi connectivity index (χ1) is 8.61. The lowest BCUT2D eigenvalue weighted by atomic mass is 10.1. The summed E-state index contributed by atoms with van der Waals surface area (Å²) < 4.78 is 5.97. The van der Waals surface area contributed by atoms with E-state index in [1.54, 1.807) is 13.2 Å². The lowest BCUT2D eigenvalue weighted by Crippen LogP contribution is -2.51. The van der Waals surface area contributed by atoms with Crippen LogP contribution in [0.4, 0.5) is 0 Å². The van der Waals surface area contributed by atoms with Gasteiger partial charge in [0.25, 0.3) is 5.91 Å². The molecule has 18 heavy (non-hydrogen) atoms. The van der Waals surface area contributed by atoms with E-state index in [0.717, 1.165) is 24.1 Å². The highest BCUT2D eigenvalue weighted by Crippen LogP contribution is 2.24. The molecule has 1 aromatic rings. The molecule has 1 saturated heterocycles. The quantitative estimate of drug-likeness (QED) is 0.907. The minimum atomic E-state index is 0.0501. The van der Waals surface area contributed by atoms with Gasteiger partial charge in [0.2, 0.25) is 0 Å². The minimum Gasteiger partial charge on any atom is -0.497 e. The zero-order valence-corrected chi connectivity index (χ0v) is 12.2. The van der Waals surface area contributed by atoms with Gasteiger partial charge in [0.05, 0.1) is 12.7 Å². The average molecular weight is 313 g/mol. The molecule has 2 rings (SSSR count). The number of ether oxygens (including phenoxy) is 1. The molecule has 1 aliphatic heterocycles. The van der Waals surface area contributed by atoms with Crippen LogP contribution < -0.4 is 10.1 Å². The molecule has 0 aromatic heterocycles. The molecule has 0 radical (unpaired) electrons. The van der Waals surface area contributed by atoms with E-state index < -0.39 is 0 Å². The molecular weight excluding hydrogens is 296 g/mol. The maximum Gasteiger partial charge on any atom is 0.255 e. The Kier molecular flexibility index (Phi) is 4.24. The van der Waals surface area contributed by atoms with E-state index in [4.69, 9.17) is 4.74 Å². The summed E-state index contributed by atoms with van der Waals surface area (Å²) in [5.74, 6) is 0.749. The molecule has 0 spiro atoms. The summed E-state index contributed by atoms with van der Waals surface area (Å²) in [6, 6.07) is 5.80. The number of carbonyl (C=O) groups is 1. The fourth-order valence-electron chi connectivity index (χ4n) is 2.08. The highest BCUT2D eigenvalue weighted by molar-refractivity contribution is 9.10. The number of methoxy groups -OCH3 is 1. The van der Waals surface area contributed by atoms with Crippen molar-refractivity contribution in [1.82, 2.24) is 10.2 Å². The fraction of sp³-hybridized carbons (Fsp3) is 0.462.